The van der Waals surface area contributed by atoms with E-state index in [0.29, 0.717) is 22.4 Å². The molecule has 0 aliphatic carbocycles. The molecule has 0 fully saturated rings. The van der Waals surface area contributed by atoms with Gasteiger partial charge in [0.2, 0.25) is 5.91 Å². The van der Waals surface area contributed by atoms with Crippen molar-refractivity contribution in [3.05, 3.63) is 63.1 Å². The average Bonchev–Trinajstić information content (AvgIpc) is 2.43. The summed E-state index contributed by atoms with van der Waals surface area (Å²) < 4.78 is 0.873. The number of nitrogens with one attached hydrogen (secondary N) is 1. The quantitative estimate of drug-likeness (QED) is 0.893. The fourth-order valence-corrected chi connectivity index (χ4v) is 2.45. The Kier molecular flexibility index (Phi) is 4.43. The van der Waals surface area contributed by atoms with Crippen LogP contribution in [-0.2, 0) is 0 Å². The number of primary amides is 1. The van der Waals surface area contributed by atoms with Crippen molar-refractivity contribution in [2.75, 3.05) is 5.32 Å². The van der Waals surface area contributed by atoms with Crippen LogP contribution in [0, 0.1) is 13.8 Å². The average molecular weight is 347 g/mol. The molecule has 21 heavy (non-hydrogen) atoms. The van der Waals surface area contributed by atoms with Gasteiger partial charge < -0.3 is 11.1 Å². The van der Waals surface area contributed by atoms with Gasteiger partial charge in [0.15, 0.2) is 0 Å². The van der Waals surface area contributed by atoms with Gasteiger partial charge in [-0.2, -0.15) is 0 Å². The number of benzene rings is 2. The Labute approximate surface area is 131 Å². The molecule has 0 aromatic heterocycles. The van der Waals surface area contributed by atoms with Crippen LogP contribution in [0.25, 0.3) is 0 Å². The maximum absolute atomic E-state index is 12.4. The largest absolute Gasteiger partial charge is 0.366 e. The lowest BCUT2D eigenvalue weighted by atomic mass is 10.0. The van der Waals surface area contributed by atoms with Gasteiger partial charge in [-0.05, 0) is 49.2 Å². The van der Waals surface area contributed by atoms with E-state index in [2.05, 4.69) is 21.2 Å². The number of rotatable bonds is 3. The Balaban J connectivity index is 2.34. The van der Waals surface area contributed by atoms with Crippen LogP contribution in [0.4, 0.5) is 5.69 Å². The molecule has 5 heteroatoms. The zero-order chi connectivity index (χ0) is 15.6. The van der Waals surface area contributed by atoms with Crippen molar-refractivity contribution < 1.29 is 9.59 Å². The zero-order valence-electron chi connectivity index (χ0n) is 11.7. The van der Waals surface area contributed by atoms with Crippen LogP contribution in [0.2, 0.25) is 0 Å². The molecule has 0 aliphatic heterocycles. The normalized spacial score (nSPS) is 10.2. The number of hydrogen-bond acceptors (Lipinski definition) is 2. The monoisotopic (exact) mass is 346 g/mol. The molecule has 0 saturated heterocycles. The van der Waals surface area contributed by atoms with Gasteiger partial charge in [-0.1, -0.05) is 28.1 Å². The summed E-state index contributed by atoms with van der Waals surface area (Å²) in [6, 6.07) is 10.5. The van der Waals surface area contributed by atoms with Crippen LogP contribution in [0.1, 0.15) is 31.8 Å². The highest BCUT2D eigenvalue weighted by Gasteiger charge is 2.14. The lowest BCUT2D eigenvalue weighted by Crippen LogP contribution is -2.17. The van der Waals surface area contributed by atoms with Crippen molar-refractivity contribution in [1.29, 1.82) is 0 Å². The Bertz CT molecular complexity index is 726. The predicted molar refractivity (Wildman–Crippen MR) is 86.5 cm³/mol. The van der Waals surface area contributed by atoms with Crippen molar-refractivity contribution in [2.24, 2.45) is 5.73 Å². The van der Waals surface area contributed by atoms with E-state index in [1.807, 2.05) is 13.0 Å². The van der Waals surface area contributed by atoms with Crippen LogP contribution < -0.4 is 11.1 Å². The summed E-state index contributed by atoms with van der Waals surface area (Å²) in [7, 11) is 0. The molecule has 2 aromatic carbocycles. The molecule has 0 atom stereocenters. The summed E-state index contributed by atoms with van der Waals surface area (Å²) in [6.45, 7) is 3.62. The fraction of sp³-hybridized carbons (Fsp3) is 0.125. The molecule has 0 bridgehead atoms. The number of hydrogen-bond donors (Lipinski definition) is 2. The van der Waals surface area contributed by atoms with Crippen LogP contribution >= 0.6 is 15.9 Å². The Morgan fingerprint density at radius 2 is 1.62 bits per heavy atom. The molecule has 2 amide bonds. The van der Waals surface area contributed by atoms with Crippen molar-refractivity contribution in [1.82, 2.24) is 0 Å². The topological polar surface area (TPSA) is 72.2 Å². The number of nitrogens with two attached hydrogens (primary N) is 1. The molecule has 0 radical (unpaired) electrons. The number of carbonyl (C=O) groups excluding carboxylic acids is 2. The van der Waals surface area contributed by atoms with Crippen molar-refractivity contribution >= 4 is 33.4 Å². The second-order valence-electron chi connectivity index (χ2n) is 4.71. The molecular weight excluding hydrogens is 332 g/mol. The van der Waals surface area contributed by atoms with Gasteiger partial charge >= 0.3 is 0 Å². The second-order valence-corrected chi connectivity index (χ2v) is 5.56. The number of halogens is 1. The van der Waals surface area contributed by atoms with E-state index >= 15 is 0 Å². The van der Waals surface area contributed by atoms with E-state index in [0.717, 1.165) is 10.0 Å². The molecule has 0 spiro atoms. The molecule has 3 N–H and O–H groups in total. The highest BCUT2D eigenvalue weighted by molar-refractivity contribution is 9.10. The number of anilines is 1. The molecule has 108 valence electrons. The molecule has 0 heterocycles. The van der Waals surface area contributed by atoms with Crippen LogP contribution in [0.3, 0.4) is 0 Å². The first-order valence-corrected chi connectivity index (χ1v) is 7.17. The first-order valence-electron chi connectivity index (χ1n) is 6.37. The molecule has 2 rings (SSSR count). The molecule has 4 nitrogen and oxygen atoms in total. The van der Waals surface area contributed by atoms with Crippen LogP contribution in [-0.4, -0.2) is 11.8 Å². The number of carbonyl (C=O) groups is 2. The van der Waals surface area contributed by atoms with Crippen molar-refractivity contribution in [3.8, 4) is 0 Å². The van der Waals surface area contributed by atoms with Crippen molar-refractivity contribution in [2.45, 2.75) is 13.8 Å². The highest BCUT2D eigenvalue weighted by atomic mass is 79.9. The molecule has 0 unspecified atom stereocenters. The minimum absolute atomic E-state index is 0.224. The molecule has 2 aromatic rings. The van der Waals surface area contributed by atoms with Gasteiger partial charge in [-0.25, -0.2) is 0 Å². The lowest BCUT2D eigenvalue weighted by molar-refractivity contribution is 0.0995. The van der Waals surface area contributed by atoms with Gasteiger partial charge in [0, 0.05) is 21.3 Å². The van der Waals surface area contributed by atoms with Crippen LogP contribution in [0.5, 0.6) is 0 Å². The smallest absolute Gasteiger partial charge is 0.255 e. The standard InChI is InChI=1S/C16H15BrN2O2/c1-9-12(6-3-7-13(9)17)16(21)19-14-8-4-5-11(10(14)2)15(18)20/h3-8H,1-2H3,(H2,18,20)(H,19,21). The summed E-state index contributed by atoms with van der Waals surface area (Å²) in [6.07, 6.45) is 0. The molecule has 0 aliphatic rings. The second kappa shape index (κ2) is 6.10. The first kappa shape index (κ1) is 15.3. The fourth-order valence-electron chi connectivity index (χ4n) is 2.08. The Hall–Kier alpha value is -2.14. The van der Waals surface area contributed by atoms with Crippen molar-refractivity contribution in [3.63, 3.8) is 0 Å². The van der Waals surface area contributed by atoms with Gasteiger partial charge in [0.1, 0.15) is 0 Å². The zero-order valence-corrected chi connectivity index (χ0v) is 13.3. The third kappa shape index (κ3) is 3.13. The molecular formula is C16H15BrN2O2. The van der Waals surface area contributed by atoms with E-state index in [1.54, 1.807) is 37.3 Å². The van der Waals surface area contributed by atoms with E-state index in [4.69, 9.17) is 5.73 Å². The van der Waals surface area contributed by atoms with Gasteiger partial charge in [0.25, 0.3) is 5.91 Å². The SMILES string of the molecule is Cc1c(Br)cccc1C(=O)Nc1cccc(C(N)=O)c1C. The van der Waals surface area contributed by atoms with E-state index in [-0.39, 0.29) is 5.91 Å². The van der Waals surface area contributed by atoms with Gasteiger partial charge in [-0.3, -0.25) is 9.59 Å². The maximum Gasteiger partial charge on any atom is 0.255 e. The summed E-state index contributed by atoms with van der Waals surface area (Å²) in [4.78, 5) is 23.7. The van der Waals surface area contributed by atoms with Crippen LogP contribution in [0.15, 0.2) is 40.9 Å². The van der Waals surface area contributed by atoms with Gasteiger partial charge in [0.05, 0.1) is 0 Å². The minimum Gasteiger partial charge on any atom is -0.366 e. The Morgan fingerprint density at radius 1 is 1.00 bits per heavy atom. The number of amides is 2. The molecule has 0 saturated carbocycles. The summed E-state index contributed by atoms with van der Waals surface area (Å²) >= 11 is 3.40. The van der Waals surface area contributed by atoms with E-state index < -0.39 is 5.91 Å². The summed E-state index contributed by atoms with van der Waals surface area (Å²) in [5, 5.41) is 2.82. The highest BCUT2D eigenvalue weighted by Crippen LogP contribution is 2.23. The maximum atomic E-state index is 12.4. The Morgan fingerprint density at radius 3 is 2.29 bits per heavy atom. The third-order valence-corrected chi connectivity index (χ3v) is 4.22. The van der Waals surface area contributed by atoms with Gasteiger partial charge in [-0.15, -0.1) is 0 Å². The van der Waals surface area contributed by atoms with E-state index in [9.17, 15) is 9.59 Å². The summed E-state index contributed by atoms with van der Waals surface area (Å²) in [5.41, 5.74) is 8.39. The summed E-state index contributed by atoms with van der Waals surface area (Å²) in [5.74, 6) is -0.735. The van der Waals surface area contributed by atoms with E-state index in [1.165, 1.54) is 0 Å². The third-order valence-electron chi connectivity index (χ3n) is 3.36. The minimum atomic E-state index is -0.512. The lowest BCUT2D eigenvalue weighted by Gasteiger charge is -2.12. The predicted octanol–water partition coefficient (Wildman–Crippen LogP) is 3.42. The first-order chi connectivity index (χ1) is 9.91.